The molecule has 1 atom stereocenters. The number of para-hydroxylation sites is 1. The number of rotatable bonds is 4. The lowest BCUT2D eigenvalue weighted by Crippen LogP contribution is -2.17. The Bertz CT molecular complexity index is 735. The maximum absolute atomic E-state index is 13.3. The highest BCUT2D eigenvalue weighted by molar-refractivity contribution is 9.10. The molecule has 1 aromatic heterocycles. The number of halogens is 2. The van der Waals surface area contributed by atoms with Crippen molar-refractivity contribution in [3.05, 3.63) is 70.1 Å². The Morgan fingerprint density at radius 2 is 2.00 bits per heavy atom. The molecule has 0 aliphatic heterocycles. The largest absolute Gasteiger partial charge is 0.459 e. The van der Waals surface area contributed by atoms with Crippen LogP contribution < -0.4 is 5.32 Å². The number of fused-ring (bicyclic) bond motifs is 1. The van der Waals surface area contributed by atoms with Gasteiger partial charge in [0.2, 0.25) is 0 Å². The van der Waals surface area contributed by atoms with E-state index in [1.54, 1.807) is 6.07 Å². The Balaban J connectivity index is 1.74. The zero-order valence-electron chi connectivity index (χ0n) is 11.6. The summed E-state index contributed by atoms with van der Waals surface area (Å²) in [6, 6.07) is 14.7. The molecule has 2 nitrogen and oxygen atoms in total. The third kappa shape index (κ3) is 3.17. The fraction of sp³-hybridized carbons (Fsp3) is 0.176. The highest BCUT2D eigenvalue weighted by Crippen LogP contribution is 2.24. The first-order valence-corrected chi connectivity index (χ1v) is 7.58. The van der Waals surface area contributed by atoms with Crippen LogP contribution in [0.15, 0.2) is 57.4 Å². The van der Waals surface area contributed by atoms with Gasteiger partial charge in [0.15, 0.2) is 0 Å². The minimum Gasteiger partial charge on any atom is -0.459 e. The number of furan rings is 1. The van der Waals surface area contributed by atoms with Crippen LogP contribution in [-0.4, -0.2) is 0 Å². The molecule has 0 bridgehead atoms. The predicted octanol–water partition coefficient (Wildman–Crippen LogP) is 5.19. The van der Waals surface area contributed by atoms with Gasteiger partial charge in [0.05, 0.1) is 6.04 Å². The highest BCUT2D eigenvalue weighted by Gasteiger charge is 2.11. The molecule has 0 saturated carbocycles. The first kappa shape index (κ1) is 14.3. The van der Waals surface area contributed by atoms with Crippen LogP contribution in [-0.2, 0) is 6.54 Å². The van der Waals surface area contributed by atoms with Crippen LogP contribution in [0.1, 0.15) is 24.3 Å². The molecular weight excluding hydrogens is 333 g/mol. The van der Waals surface area contributed by atoms with Gasteiger partial charge >= 0.3 is 0 Å². The number of hydrogen-bond donors (Lipinski definition) is 1. The quantitative estimate of drug-likeness (QED) is 0.702. The lowest BCUT2D eigenvalue weighted by Gasteiger charge is -2.12. The zero-order valence-corrected chi connectivity index (χ0v) is 13.2. The standard InChI is InChI=1S/C17H15BrFNO/c1-11(17-9-12-4-2-3-5-16(12)21-17)20-10-13-8-14(19)6-7-15(13)18/h2-9,11,20H,10H2,1H3. The molecule has 0 aliphatic rings. The van der Waals surface area contributed by atoms with Gasteiger partial charge in [-0.05, 0) is 42.8 Å². The lowest BCUT2D eigenvalue weighted by atomic mass is 10.2. The molecule has 108 valence electrons. The Hall–Kier alpha value is -1.65. The van der Waals surface area contributed by atoms with Gasteiger partial charge in [-0.25, -0.2) is 4.39 Å². The average molecular weight is 348 g/mol. The lowest BCUT2D eigenvalue weighted by molar-refractivity contribution is 0.450. The summed E-state index contributed by atoms with van der Waals surface area (Å²) in [7, 11) is 0. The van der Waals surface area contributed by atoms with Crippen molar-refractivity contribution in [2.24, 2.45) is 0 Å². The summed E-state index contributed by atoms with van der Waals surface area (Å²) >= 11 is 3.43. The molecule has 0 aliphatic carbocycles. The Morgan fingerprint density at radius 3 is 2.81 bits per heavy atom. The summed E-state index contributed by atoms with van der Waals surface area (Å²) in [5.41, 5.74) is 1.77. The van der Waals surface area contributed by atoms with Gasteiger partial charge in [0, 0.05) is 16.4 Å². The van der Waals surface area contributed by atoms with Gasteiger partial charge < -0.3 is 9.73 Å². The van der Waals surface area contributed by atoms with E-state index in [1.807, 2.05) is 37.3 Å². The van der Waals surface area contributed by atoms with Crippen LogP contribution in [0.3, 0.4) is 0 Å². The van der Waals surface area contributed by atoms with Gasteiger partial charge in [-0.3, -0.25) is 0 Å². The van der Waals surface area contributed by atoms with Crippen molar-refractivity contribution in [2.45, 2.75) is 19.5 Å². The van der Waals surface area contributed by atoms with Crippen molar-refractivity contribution in [2.75, 3.05) is 0 Å². The van der Waals surface area contributed by atoms with Crippen LogP contribution in [0, 0.1) is 5.82 Å². The van der Waals surface area contributed by atoms with Crippen LogP contribution >= 0.6 is 15.9 Å². The fourth-order valence-electron chi connectivity index (χ4n) is 2.26. The van der Waals surface area contributed by atoms with Crippen molar-refractivity contribution < 1.29 is 8.81 Å². The van der Waals surface area contributed by atoms with Crippen LogP contribution in [0.2, 0.25) is 0 Å². The number of nitrogens with one attached hydrogen (secondary N) is 1. The molecule has 0 spiro atoms. The summed E-state index contributed by atoms with van der Waals surface area (Å²) in [5.74, 6) is 0.648. The van der Waals surface area contributed by atoms with Gasteiger partial charge in [-0.15, -0.1) is 0 Å². The van der Waals surface area contributed by atoms with E-state index >= 15 is 0 Å². The minimum absolute atomic E-state index is 0.0487. The number of benzene rings is 2. The topological polar surface area (TPSA) is 25.2 Å². The average Bonchev–Trinajstić information content (AvgIpc) is 2.92. The van der Waals surface area contributed by atoms with E-state index in [9.17, 15) is 4.39 Å². The van der Waals surface area contributed by atoms with E-state index in [-0.39, 0.29) is 11.9 Å². The maximum atomic E-state index is 13.3. The molecule has 21 heavy (non-hydrogen) atoms. The van der Waals surface area contributed by atoms with E-state index in [1.165, 1.54) is 12.1 Å². The smallest absolute Gasteiger partial charge is 0.134 e. The van der Waals surface area contributed by atoms with E-state index in [4.69, 9.17) is 4.42 Å². The van der Waals surface area contributed by atoms with E-state index in [0.717, 1.165) is 26.8 Å². The first-order chi connectivity index (χ1) is 10.1. The second-order valence-electron chi connectivity index (χ2n) is 5.02. The van der Waals surface area contributed by atoms with Gasteiger partial charge in [0.1, 0.15) is 17.2 Å². The maximum Gasteiger partial charge on any atom is 0.134 e. The van der Waals surface area contributed by atoms with Crippen molar-refractivity contribution in [3.63, 3.8) is 0 Å². The molecule has 0 fully saturated rings. The molecule has 3 aromatic rings. The predicted molar refractivity (Wildman–Crippen MR) is 85.6 cm³/mol. The van der Waals surface area contributed by atoms with Gasteiger partial charge in [0.25, 0.3) is 0 Å². The second-order valence-corrected chi connectivity index (χ2v) is 5.88. The molecule has 4 heteroatoms. The van der Waals surface area contributed by atoms with Crippen molar-refractivity contribution in [3.8, 4) is 0 Å². The van der Waals surface area contributed by atoms with Crippen molar-refractivity contribution in [1.29, 1.82) is 0 Å². The molecule has 1 unspecified atom stereocenters. The minimum atomic E-state index is -0.230. The second kappa shape index (κ2) is 6.00. The molecule has 1 N–H and O–H groups in total. The van der Waals surface area contributed by atoms with Crippen LogP contribution in [0.5, 0.6) is 0 Å². The summed E-state index contributed by atoms with van der Waals surface area (Å²) in [5, 5.41) is 4.44. The van der Waals surface area contributed by atoms with Crippen molar-refractivity contribution in [1.82, 2.24) is 5.32 Å². The monoisotopic (exact) mass is 347 g/mol. The Labute approximate surface area is 131 Å². The third-order valence-corrected chi connectivity index (χ3v) is 4.25. The Morgan fingerprint density at radius 1 is 1.19 bits per heavy atom. The summed E-state index contributed by atoms with van der Waals surface area (Å²) in [6.07, 6.45) is 0. The number of hydrogen-bond acceptors (Lipinski definition) is 2. The zero-order chi connectivity index (χ0) is 14.8. The van der Waals surface area contributed by atoms with Crippen LogP contribution in [0.25, 0.3) is 11.0 Å². The molecule has 0 radical (unpaired) electrons. The SMILES string of the molecule is CC(NCc1cc(F)ccc1Br)c1cc2ccccc2o1. The van der Waals surface area contributed by atoms with E-state index < -0.39 is 0 Å². The summed E-state index contributed by atoms with van der Waals surface area (Å²) in [6.45, 7) is 2.60. The first-order valence-electron chi connectivity index (χ1n) is 6.79. The Kier molecular flexibility index (Phi) is 4.08. The third-order valence-electron chi connectivity index (χ3n) is 3.48. The van der Waals surface area contributed by atoms with Crippen LogP contribution in [0.4, 0.5) is 4.39 Å². The molecule has 1 heterocycles. The summed E-state index contributed by atoms with van der Waals surface area (Å²) in [4.78, 5) is 0. The molecule has 2 aromatic carbocycles. The van der Waals surface area contributed by atoms with E-state index in [2.05, 4.69) is 21.2 Å². The normalized spacial score (nSPS) is 12.7. The molecule has 0 amide bonds. The summed E-state index contributed by atoms with van der Waals surface area (Å²) < 4.78 is 20.0. The van der Waals surface area contributed by atoms with Gasteiger partial charge in [-0.1, -0.05) is 34.1 Å². The molecular formula is C17H15BrFNO. The fourth-order valence-corrected chi connectivity index (χ4v) is 2.65. The van der Waals surface area contributed by atoms with Crippen molar-refractivity contribution >= 4 is 26.9 Å². The molecule has 3 rings (SSSR count). The highest BCUT2D eigenvalue weighted by atomic mass is 79.9. The molecule has 0 saturated heterocycles. The van der Waals surface area contributed by atoms with Gasteiger partial charge in [-0.2, -0.15) is 0 Å². The van der Waals surface area contributed by atoms with E-state index in [0.29, 0.717) is 6.54 Å².